The topological polar surface area (TPSA) is 20.2 Å². The summed E-state index contributed by atoms with van der Waals surface area (Å²) in [5.41, 5.74) is -0.495. The molecule has 0 aromatic heterocycles. The van der Waals surface area contributed by atoms with Gasteiger partial charge in [0.15, 0.2) is 0 Å². The zero-order valence-electron chi connectivity index (χ0n) is 7.14. The van der Waals surface area contributed by atoms with Crippen LogP contribution in [0.3, 0.4) is 0 Å². The van der Waals surface area contributed by atoms with Crippen molar-refractivity contribution in [3.63, 3.8) is 0 Å². The third-order valence-corrected chi connectivity index (χ3v) is 2.76. The molecule has 1 atom stereocenters. The summed E-state index contributed by atoms with van der Waals surface area (Å²) < 4.78 is 0. The first-order valence-electron chi connectivity index (χ1n) is 4.32. The first-order chi connectivity index (χ1) is 5.17. The van der Waals surface area contributed by atoms with E-state index in [0.29, 0.717) is 12.3 Å². The number of hydrogen-bond donors (Lipinski definition) is 1. The second kappa shape index (κ2) is 3.28. The van der Waals surface area contributed by atoms with Crippen LogP contribution in [0.5, 0.6) is 0 Å². The fraction of sp³-hybridized carbons (Fsp3) is 0.800. The lowest BCUT2D eigenvalue weighted by Crippen LogP contribution is -2.38. The lowest BCUT2D eigenvalue weighted by molar-refractivity contribution is -0.0398. The van der Waals surface area contributed by atoms with Gasteiger partial charge in [-0.1, -0.05) is 6.42 Å². The van der Waals surface area contributed by atoms with Crippen molar-refractivity contribution in [1.82, 2.24) is 0 Å². The molecule has 1 nitrogen and oxygen atoms in total. The van der Waals surface area contributed by atoms with Crippen molar-refractivity contribution in [3.05, 3.63) is 0 Å². The van der Waals surface area contributed by atoms with Gasteiger partial charge in [-0.15, -0.1) is 12.3 Å². The zero-order valence-corrected chi connectivity index (χ0v) is 7.14. The predicted octanol–water partition coefficient (Wildman–Crippen LogP) is 1.95. The summed E-state index contributed by atoms with van der Waals surface area (Å²) in [6.07, 6.45) is 10.2. The van der Waals surface area contributed by atoms with Crippen molar-refractivity contribution in [1.29, 1.82) is 0 Å². The Labute approximate surface area is 68.8 Å². The van der Waals surface area contributed by atoms with Crippen LogP contribution < -0.4 is 0 Å². The molecule has 1 fully saturated rings. The van der Waals surface area contributed by atoms with Gasteiger partial charge in [-0.2, -0.15) is 0 Å². The predicted molar refractivity (Wildman–Crippen MR) is 46.0 cm³/mol. The van der Waals surface area contributed by atoms with Crippen molar-refractivity contribution >= 4 is 0 Å². The normalized spacial score (nSPS) is 23.4. The molecule has 0 aromatic rings. The van der Waals surface area contributed by atoms with Gasteiger partial charge < -0.3 is 5.11 Å². The Morgan fingerprint density at radius 1 is 1.64 bits per heavy atom. The van der Waals surface area contributed by atoms with Crippen LogP contribution in [-0.2, 0) is 0 Å². The van der Waals surface area contributed by atoms with Crippen LogP contribution in [0.1, 0.15) is 39.0 Å². The summed E-state index contributed by atoms with van der Waals surface area (Å²) in [7, 11) is 0. The van der Waals surface area contributed by atoms with E-state index in [0.717, 1.165) is 6.42 Å². The zero-order chi connectivity index (χ0) is 8.32. The number of aliphatic hydroxyl groups is 1. The van der Waals surface area contributed by atoms with E-state index in [9.17, 15) is 5.11 Å². The van der Waals surface area contributed by atoms with Gasteiger partial charge in [0.25, 0.3) is 0 Å². The molecular formula is C10H16O. The third kappa shape index (κ3) is 1.97. The Balaban J connectivity index is 2.32. The van der Waals surface area contributed by atoms with Crippen molar-refractivity contribution in [2.45, 2.75) is 44.6 Å². The van der Waals surface area contributed by atoms with Crippen LogP contribution in [0.2, 0.25) is 0 Å². The minimum atomic E-state index is -0.495. The van der Waals surface area contributed by atoms with E-state index in [2.05, 4.69) is 5.92 Å². The third-order valence-electron chi connectivity index (χ3n) is 2.76. The molecule has 0 amide bonds. The van der Waals surface area contributed by atoms with E-state index in [-0.39, 0.29) is 0 Å². The molecule has 1 unspecified atom stereocenters. The van der Waals surface area contributed by atoms with Crippen LogP contribution in [0, 0.1) is 18.3 Å². The monoisotopic (exact) mass is 152 g/mol. The Morgan fingerprint density at radius 3 is 2.64 bits per heavy atom. The fourth-order valence-corrected chi connectivity index (χ4v) is 1.56. The van der Waals surface area contributed by atoms with Crippen molar-refractivity contribution in [2.75, 3.05) is 0 Å². The largest absolute Gasteiger partial charge is 0.390 e. The fourth-order valence-electron chi connectivity index (χ4n) is 1.56. The first kappa shape index (κ1) is 8.62. The molecule has 0 saturated heterocycles. The standard InChI is InChI=1S/C10H16O/c1-3-4-8-10(2,11)9-6-5-7-9/h1,9,11H,4-8H2,2H3. The van der Waals surface area contributed by atoms with Crippen LogP contribution >= 0.6 is 0 Å². The van der Waals surface area contributed by atoms with Gasteiger partial charge in [-0.05, 0) is 32.1 Å². The maximum absolute atomic E-state index is 9.87. The highest BCUT2D eigenvalue weighted by molar-refractivity contribution is 4.92. The molecule has 0 radical (unpaired) electrons. The lowest BCUT2D eigenvalue weighted by atomic mass is 9.72. The molecule has 11 heavy (non-hydrogen) atoms. The molecule has 0 aliphatic heterocycles. The van der Waals surface area contributed by atoms with E-state index in [1.165, 1.54) is 19.3 Å². The number of terminal acetylenes is 1. The lowest BCUT2D eigenvalue weighted by Gasteiger charge is -2.38. The second-order valence-electron chi connectivity index (χ2n) is 3.69. The van der Waals surface area contributed by atoms with Gasteiger partial charge in [-0.25, -0.2) is 0 Å². The number of hydrogen-bond acceptors (Lipinski definition) is 1. The molecule has 0 aromatic carbocycles. The van der Waals surface area contributed by atoms with Crippen molar-refractivity contribution in [3.8, 4) is 12.3 Å². The summed E-state index contributed by atoms with van der Waals surface area (Å²) in [5, 5.41) is 9.87. The molecule has 1 heteroatoms. The molecule has 0 heterocycles. The maximum atomic E-state index is 9.87. The Morgan fingerprint density at radius 2 is 2.27 bits per heavy atom. The quantitative estimate of drug-likeness (QED) is 0.613. The van der Waals surface area contributed by atoms with E-state index >= 15 is 0 Å². The highest BCUT2D eigenvalue weighted by Crippen LogP contribution is 2.38. The highest BCUT2D eigenvalue weighted by atomic mass is 16.3. The molecule has 1 N–H and O–H groups in total. The Hall–Kier alpha value is -0.480. The summed E-state index contributed by atoms with van der Waals surface area (Å²) in [4.78, 5) is 0. The van der Waals surface area contributed by atoms with Crippen LogP contribution in [-0.4, -0.2) is 10.7 Å². The summed E-state index contributed by atoms with van der Waals surface area (Å²) in [6.45, 7) is 1.91. The van der Waals surface area contributed by atoms with Gasteiger partial charge in [0.2, 0.25) is 0 Å². The average molecular weight is 152 g/mol. The minimum absolute atomic E-state index is 0.495. The summed E-state index contributed by atoms with van der Waals surface area (Å²) in [5.74, 6) is 3.08. The van der Waals surface area contributed by atoms with Crippen LogP contribution in [0.15, 0.2) is 0 Å². The van der Waals surface area contributed by atoms with E-state index in [1.54, 1.807) is 0 Å². The van der Waals surface area contributed by atoms with E-state index in [4.69, 9.17) is 6.42 Å². The van der Waals surface area contributed by atoms with Crippen molar-refractivity contribution < 1.29 is 5.11 Å². The first-order valence-corrected chi connectivity index (χ1v) is 4.32. The van der Waals surface area contributed by atoms with Crippen molar-refractivity contribution in [2.24, 2.45) is 5.92 Å². The Bertz CT molecular complexity index is 160. The molecule has 1 aliphatic rings. The molecule has 62 valence electrons. The van der Waals surface area contributed by atoms with Crippen LogP contribution in [0.25, 0.3) is 0 Å². The molecular weight excluding hydrogens is 136 g/mol. The highest BCUT2D eigenvalue weighted by Gasteiger charge is 2.35. The van der Waals surface area contributed by atoms with Gasteiger partial charge in [0, 0.05) is 6.42 Å². The minimum Gasteiger partial charge on any atom is -0.390 e. The van der Waals surface area contributed by atoms with Gasteiger partial charge in [0.1, 0.15) is 0 Å². The molecule has 1 aliphatic carbocycles. The Kier molecular flexibility index (Phi) is 2.57. The number of rotatable bonds is 3. The second-order valence-corrected chi connectivity index (χ2v) is 3.69. The molecule has 0 bridgehead atoms. The van der Waals surface area contributed by atoms with Gasteiger partial charge in [0.05, 0.1) is 5.60 Å². The van der Waals surface area contributed by atoms with Gasteiger partial charge >= 0.3 is 0 Å². The van der Waals surface area contributed by atoms with E-state index in [1.807, 2.05) is 6.92 Å². The molecule has 0 spiro atoms. The average Bonchev–Trinajstić information content (AvgIpc) is 1.78. The SMILES string of the molecule is C#CCCC(C)(O)C1CCC1. The summed E-state index contributed by atoms with van der Waals surface area (Å²) in [6, 6.07) is 0. The van der Waals surface area contributed by atoms with E-state index < -0.39 is 5.60 Å². The van der Waals surface area contributed by atoms with Crippen LogP contribution in [0.4, 0.5) is 0 Å². The van der Waals surface area contributed by atoms with Gasteiger partial charge in [-0.3, -0.25) is 0 Å². The molecule has 1 rings (SSSR count). The maximum Gasteiger partial charge on any atom is 0.0656 e. The molecule has 1 saturated carbocycles. The smallest absolute Gasteiger partial charge is 0.0656 e. The summed E-state index contributed by atoms with van der Waals surface area (Å²) >= 11 is 0.